The molecule has 0 aliphatic rings. The van der Waals surface area contributed by atoms with Gasteiger partial charge in [-0.2, -0.15) is 0 Å². The standard InChI is InChI=1S/C17H16FN5O2/c1-12(10-25-16-4-2-3-14(18)9-16)20-17(24)13-5-7-15(8-6-13)23-11-19-21-22-23/h2-9,11-12H,10H2,1H3,(H,20,24). The molecule has 3 aromatic rings. The summed E-state index contributed by atoms with van der Waals surface area (Å²) in [4.78, 5) is 12.2. The van der Waals surface area contributed by atoms with Crippen LogP contribution in [0.25, 0.3) is 5.69 Å². The number of hydrogen-bond donors (Lipinski definition) is 1. The van der Waals surface area contributed by atoms with Crippen molar-refractivity contribution in [3.8, 4) is 11.4 Å². The molecule has 1 heterocycles. The van der Waals surface area contributed by atoms with Gasteiger partial charge in [0.05, 0.1) is 11.7 Å². The largest absolute Gasteiger partial charge is 0.491 e. The van der Waals surface area contributed by atoms with Gasteiger partial charge in [0, 0.05) is 11.6 Å². The molecule has 0 fully saturated rings. The Morgan fingerprint density at radius 3 is 2.76 bits per heavy atom. The Balaban J connectivity index is 1.54. The zero-order valence-electron chi connectivity index (χ0n) is 13.5. The summed E-state index contributed by atoms with van der Waals surface area (Å²) in [5.41, 5.74) is 1.26. The predicted molar refractivity (Wildman–Crippen MR) is 88.0 cm³/mol. The second-order valence-corrected chi connectivity index (χ2v) is 5.44. The van der Waals surface area contributed by atoms with Crippen LogP contribution in [0.2, 0.25) is 0 Å². The molecule has 0 saturated carbocycles. The Morgan fingerprint density at radius 1 is 1.28 bits per heavy atom. The highest BCUT2D eigenvalue weighted by Crippen LogP contribution is 2.12. The van der Waals surface area contributed by atoms with Crippen LogP contribution in [0.1, 0.15) is 17.3 Å². The van der Waals surface area contributed by atoms with Crippen LogP contribution in [0.5, 0.6) is 5.75 Å². The minimum atomic E-state index is -0.364. The lowest BCUT2D eigenvalue weighted by molar-refractivity contribution is 0.0926. The van der Waals surface area contributed by atoms with Crippen LogP contribution in [0.4, 0.5) is 4.39 Å². The quantitative estimate of drug-likeness (QED) is 0.741. The van der Waals surface area contributed by atoms with E-state index in [4.69, 9.17) is 4.74 Å². The van der Waals surface area contributed by atoms with Gasteiger partial charge in [0.25, 0.3) is 5.91 Å². The summed E-state index contributed by atoms with van der Waals surface area (Å²) in [5.74, 6) is -0.164. The summed E-state index contributed by atoms with van der Waals surface area (Å²) in [6.07, 6.45) is 1.47. The smallest absolute Gasteiger partial charge is 0.251 e. The highest BCUT2D eigenvalue weighted by Gasteiger charge is 2.11. The molecule has 25 heavy (non-hydrogen) atoms. The second-order valence-electron chi connectivity index (χ2n) is 5.44. The second kappa shape index (κ2) is 7.52. The van der Waals surface area contributed by atoms with Gasteiger partial charge in [-0.25, -0.2) is 9.07 Å². The average molecular weight is 341 g/mol. The molecule has 7 nitrogen and oxygen atoms in total. The van der Waals surface area contributed by atoms with E-state index in [1.807, 2.05) is 6.92 Å². The SMILES string of the molecule is CC(COc1cccc(F)c1)NC(=O)c1ccc(-n2cnnn2)cc1. The third-order valence-corrected chi connectivity index (χ3v) is 3.42. The summed E-state index contributed by atoms with van der Waals surface area (Å²) >= 11 is 0. The van der Waals surface area contributed by atoms with Crippen molar-refractivity contribution >= 4 is 5.91 Å². The van der Waals surface area contributed by atoms with Gasteiger partial charge in [0.1, 0.15) is 24.5 Å². The van der Waals surface area contributed by atoms with E-state index in [0.717, 1.165) is 5.69 Å². The third-order valence-electron chi connectivity index (χ3n) is 3.42. The van der Waals surface area contributed by atoms with Crippen molar-refractivity contribution in [3.05, 3.63) is 66.2 Å². The van der Waals surface area contributed by atoms with Gasteiger partial charge >= 0.3 is 0 Å². The molecule has 0 aliphatic heterocycles. The number of carbonyl (C=O) groups excluding carboxylic acids is 1. The average Bonchev–Trinajstić information content (AvgIpc) is 3.15. The van der Waals surface area contributed by atoms with Crippen molar-refractivity contribution in [2.45, 2.75) is 13.0 Å². The molecular formula is C17H16FN5O2. The maximum atomic E-state index is 13.1. The lowest BCUT2D eigenvalue weighted by Gasteiger charge is -2.15. The number of benzene rings is 2. The summed E-state index contributed by atoms with van der Waals surface area (Å²) in [6, 6.07) is 12.5. The molecule has 1 atom stereocenters. The monoisotopic (exact) mass is 341 g/mol. The fourth-order valence-corrected chi connectivity index (χ4v) is 2.17. The third kappa shape index (κ3) is 4.37. The minimum Gasteiger partial charge on any atom is -0.491 e. The minimum absolute atomic E-state index is 0.224. The molecule has 0 bridgehead atoms. The number of amides is 1. The van der Waals surface area contributed by atoms with Gasteiger partial charge in [0.15, 0.2) is 0 Å². The number of hydrogen-bond acceptors (Lipinski definition) is 5. The molecule has 1 aromatic heterocycles. The fraction of sp³-hybridized carbons (Fsp3) is 0.176. The Kier molecular flexibility index (Phi) is 4.98. The van der Waals surface area contributed by atoms with Gasteiger partial charge < -0.3 is 10.1 Å². The van der Waals surface area contributed by atoms with Crippen LogP contribution in [0.3, 0.4) is 0 Å². The lowest BCUT2D eigenvalue weighted by atomic mass is 10.2. The Labute approximate surface area is 143 Å². The zero-order chi connectivity index (χ0) is 17.6. The topological polar surface area (TPSA) is 81.9 Å². The molecule has 1 unspecified atom stereocenters. The van der Waals surface area contributed by atoms with Gasteiger partial charge in [-0.1, -0.05) is 6.07 Å². The molecule has 8 heteroatoms. The van der Waals surface area contributed by atoms with Gasteiger partial charge in [-0.05, 0) is 53.7 Å². The van der Waals surface area contributed by atoms with Crippen LogP contribution >= 0.6 is 0 Å². The van der Waals surface area contributed by atoms with Crippen LogP contribution in [-0.4, -0.2) is 38.8 Å². The van der Waals surface area contributed by atoms with Crippen LogP contribution < -0.4 is 10.1 Å². The molecular weight excluding hydrogens is 325 g/mol. The number of aromatic nitrogens is 4. The number of tetrazole rings is 1. The summed E-state index contributed by atoms with van der Waals surface area (Å²) in [5, 5.41) is 13.7. The molecule has 0 aliphatic carbocycles. The summed E-state index contributed by atoms with van der Waals surface area (Å²) < 4.78 is 20.1. The number of rotatable bonds is 6. The summed E-state index contributed by atoms with van der Waals surface area (Å²) in [7, 11) is 0. The van der Waals surface area contributed by atoms with E-state index in [2.05, 4.69) is 20.8 Å². The van der Waals surface area contributed by atoms with Crippen molar-refractivity contribution in [1.82, 2.24) is 25.5 Å². The molecule has 1 amide bonds. The maximum absolute atomic E-state index is 13.1. The van der Waals surface area contributed by atoms with Crippen LogP contribution in [-0.2, 0) is 0 Å². The number of nitrogens with zero attached hydrogens (tertiary/aromatic N) is 4. The van der Waals surface area contributed by atoms with E-state index < -0.39 is 0 Å². The highest BCUT2D eigenvalue weighted by molar-refractivity contribution is 5.94. The number of nitrogens with one attached hydrogen (secondary N) is 1. The lowest BCUT2D eigenvalue weighted by Crippen LogP contribution is -2.36. The summed E-state index contributed by atoms with van der Waals surface area (Å²) in [6.45, 7) is 2.05. The first-order valence-electron chi connectivity index (χ1n) is 7.64. The Morgan fingerprint density at radius 2 is 2.08 bits per heavy atom. The molecule has 2 aromatic carbocycles. The van der Waals surface area contributed by atoms with E-state index in [9.17, 15) is 9.18 Å². The van der Waals surface area contributed by atoms with Crippen molar-refractivity contribution in [1.29, 1.82) is 0 Å². The van der Waals surface area contributed by atoms with E-state index in [-0.39, 0.29) is 24.4 Å². The molecule has 0 saturated heterocycles. The molecule has 0 spiro atoms. The molecule has 128 valence electrons. The first kappa shape index (κ1) is 16.6. The van der Waals surface area contributed by atoms with E-state index >= 15 is 0 Å². The van der Waals surface area contributed by atoms with Crippen molar-refractivity contribution in [2.75, 3.05) is 6.61 Å². The zero-order valence-corrected chi connectivity index (χ0v) is 13.5. The van der Waals surface area contributed by atoms with E-state index in [0.29, 0.717) is 11.3 Å². The molecule has 0 radical (unpaired) electrons. The first-order valence-corrected chi connectivity index (χ1v) is 7.64. The molecule has 3 rings (SSSR count). The van der Waals surface area contributed by atoms with Crippen molar-refractivity contribution < 1.29 is 13.9 Å². The predicted octanol–water partition coefficient (Wildman–Crippen LogP) is 2.00. The maximum Gasteiger partial charge on any atom is 0.251 e. The van der Waals surface area contributed by atoms with Crippen molar-refractivity contribution in [2.24, 2.45) is 0 Å². The highest BCUT2D eigenvalue weighted by atomic mass is 19.1. The van der Waals surface area contributed by atoms with Crippen LogP contribution in [0.15, 0.2) is 54.9 Å². The molecule has 1 N–H and O–H groups in total. The van der Waals surface area contributed by atoms with Gasteiger partial charge in [-0.3, -0.25) is 4.79 Å². The van der Waals surface area contributed by atoms with Crippen LogP contribution in [0, 0.1) is 5.82 Å². The Hall–Kier alpha value is -3.29. The first-order chi connectivity index (χ1) is 12.1. The fourth-order valence-electron chi connectivity index (χ4n) is 2.17. The number of ether oxygens (including phenoxy) is 1. The van der Waals surface area contributed by atoms with Gasteiger partial charge in [-0.15, -0.1) is 5.10 Å². The van der Waals surface area contributed by atoms with Gasteiger partial charge in [0.2, 0.25) is 0 Å². The van der Waals surface area contributed by atoms with E-state index in [1.54, 1.807) is 36.4 Å². The van der Waals surface area contributed by atoms with Crippen molar-refractivity contribution in [3.63, 3.8) is 0 Å². The van der Waals surface area contributed by atoms with E-state index in [1.165, 1.54) is 23.1 Å². The normalized spacial score (nSPS) is 11.8. The Bertz CT molecular complexity index is 837. The number of halogens is 1. The number of carbonyl (C=O) groups is 1.